The number of carbonyl (C=O) groups is 1. The van der Waals surface area contributed by atoms with Gasteiger partial charge in [0.05, 0.1) is 7.11 Å². The summed E-state index contributed by atoms with van der Waals surface area (Å²) in [5.41, 5.74) is 2.44. The van der Waals surface area contributed by atoms with Crippen LogP contribution in [0.1, 0.15) is 10.4 Å². The van der Waals surface area contributed by atoms with Crippen LogP contribution in [0.25, 0.3) is 22.3 Å². The Hall–Kier alpha value is -3.48. The number of rotatable bonds is 5. The summed E-state index contributed by atoms with van der Waals surface area (Å²) >= 11 is 0. The molecule has 0 radical (unpaired) electrons. The number of hydrogen-bond donors (Lipinski definition) is 1. The van der Waals surface area contributed by atoms with E-state index in [-0.39, 0.29) is 12.3 Å². The number of benzene rings is 2. The molecule has 7 nitrogen and oxygen atoms in total. The zero-order valence-corrected chi connectivity index (χ0v) is 13.5. The summed E-state index contributed by atoms with van der Waals surface area (Å²) in [6.45, 7) is 0.0294. The lowest BCUT2D eigenvalue weighted by Gasteiger charge is -2.02. The van der Waals surface area contributed by atoms with Crippen molar-refractivity contribution < 1.29 is 9.53 Å². The van der Waals surface area contributed by atoms with Crippen molar-refractivity contribution in [3.05, 3.63) is 60.3 Å². The van der Waals surface area contributed by atoms with Crippen LogP contribution in [0.3, 0.4) is 0 Å². The number of hydrogen-bond acceptors (Lipinski definition) is 5. The number of tetrazole rings is 1. The molecule has 25 heavy (non-hydrogen) atoms. The summed E-state index contributed by atoms with van der Waals surface area (Å²) in [6, 6.07) is 14.8. The summed E-state index contributed by atoms with van der Waals surface area (Å²) in [5.74, 6) is 1.10. The number of para-hydroxylation sites is 1. The molecule has 0 spiro atoms. The number of H-pyrrole nitrogens is 1. The maximum Gasteiger partial charge on any atom is 0.207 e. The van der Waals surface area contributed by atoms with Crippen molar-refractivity contribution in [3.8, 4) is 17.1 Å². The molecular formula is C18H15N5O2. The number of nitrogens with zero attached hydrogens (tertiary/aromatic N) is 4. The third-order valence-corrected chi connectivity index (χ3v) is 3.98. The van der Waals surface area contributed by atoms with Gasteiger partial charge in [0, 0.05) is 28.2 Å². The summed E-state index contributed by atoms with van der Waals surface area (Å²) in [6.07, 6.45) is 1.84. The lowest BCUT2D eigenvalue weighted by atomic mass is 10.1. The van der Waals surface area contributed by atoms with E-state index >= 15 is 0 Å². The average Bonchev–Trinajstić information content (AvgIpc) is 3.28. The summed E-state index contributed by atoms with van der Waals surface area (Å²) in [7, 11) is 1.59. The van der Waals surface area contributed by atoms with E-state index < -0.39 is 0 Å². The van der Waals surface area contributed by atoms with Gasteiger partial charge >= 0.3 is 0 Å². The molecule has 0 saturated heterocycles. The first-order valence-corrected chi connectivity index (χ1v) is 7.76. The Bertz CT molecular complexity index is 1030. The topological polar surface area (TPSA) is 85.7 Å². The van der Waals surface area contributed by atoms with Gasteiger partial charge in [0.1, 0.15) is 12.3 Å². The molecule has 0 saturated carbocycles. The van der Waals surface area contributed by atoms with Gasteiger partial charge in [0.15, 0.2) is 5.78 Å². The molecule has 2 aromatic heterocycles. The minimum Gasteiger partial charge on any atom is -0.497 e. The first kappa shape index (κ1) is 15.1. The second-order valence-electron chi connectivity index (χ2n) is 5.54. The molecule has 0 aliphatic heterocycles. The van der Waals surface area contributed by atoms with Crippen LogP contribution in [0.4, 0.5) is 0 Å². The average molecular weight is 333 g/mol. The molecule has 4 aromatic rings. The standard InChI is InChI=1S/C18H15N5O2/c1-25-13-8-6-12(7-9-13)17(24)11-23-21-18(20-22-23)15-10-19-16-5-3-2-4-14(15)16/h2-10,19H,11H2,1H3. The number of aromatic nitrogens is 5. The third kappa shape index (κ3) is 2.87. The van der Waals surface area contributed by atoms with Crippen molar-refractivity contribution in [2.45, 2.75) is 6.54 Å². The number of ether oxygens (including phenoxy) is 1. The number of Topliss-reactive ketones (excluding diaryl/α,β-unsaturated/α-hetero) is 1. The second kappa shape index (κ2) is 6.20. The zero-order chi connectivity index (χ0) is 17.2. The van der Waals surface area contributed by atoms with Crippen LogP contribution in [0, 0.1) is 0 Å². The van der Waals surface area contributed by atoms with E-state index in [1.165, 1.54) is 4.80 Å². The summed E-state index contributed by atoms with van der Waals surface area (Å²) in [5, 5.41) is 13.4. The van der Waals surface area contributed by atoms with Crippen LogP contribution in [0.15, 0.2) is 54.7 Å². The van der Waals surface area contributed by atoms with Crippen molar-refractivity contribution in [2.24, 2.45) is 0 Å². The molecule has 4 rings (SSSR count). The lowest BCUT2D eigenvalue weighted by molar-refractivity contribution is 0.0961. The second-order valence-corrected chi connectivity index (χ2v) is 5.54. The van der Waals surface area contributed by atoms with E-state index in [1.807, 2.05) is 30.5 Å². The van der Waals surface area contributed by atoms with Crippen LogP contribution in [-0.2, 0) is 6.54 Å². The van der Waals surface area contributed by atoms with Crippen LogP contribution < -0.4 is 4.74 Å². The highest BCUT2D eigenvalue weighted by atomic mass is 16.5. The number of methoxy groups -OCH3 is 1. The first-order chi connectivity index (χ1) is 12.2. The van der Waals surface area contributed by atoms with Crippen molar-refractivity contribution in [2.75, 3.05) is 7.11 Å². The summed E-state index contributed by atoms with van der Waals surface area (Å²) in [4.78, 5) is 16.8. The van der Waals surface area contributed by atoms with Crippen molar-refractivity contribution in [1.82, 2.24) is 25.2 Å². The fourth-order valence-corrected chi connectivity index (χ4v) is 2.67. The molecule has 2 aromatic carbocycles. The largest absolute Gasteiger partial charge is 0.497 e. The van der Waals surface area contributed by atoms with Gasteiger partial charge < -0.3 is 9.72 Å². The molecule has 7 heteroatoms. The quantitative estimate of drug-likeness (QED) is 0.568. The molecule has 0 bridgehead atoms. The Morgan fingerprint density at radius 1 is 1.16 bits per heavy atom. The Labute approximate surface area is 143 Å². The van der Waals surface area contributed by atoms with E-state index in [9.17, 15) is 4.79 Å². The normalized spacial score (nSPS) is 10.9. The van der Waals surface area contributed by atoms with E-state index in [0.29, 0.717) is 17.1 Å². The molecule has 0 unspecified atom stereocenters. The van der Waals surface area contributed by atoms with Gasteiger partial charge in [0.25, 0.3) is 0 Å². The van der Waals surface area contributed by atoms with Crippen LogP contribution in [0.5, 0.6) is 5.75 Å². The first-order valence-electron chi connectivity index (χ1n) is 7.76. The third-order valence-electron chi connectivity index (χ3n) is 3.98. The minimum absolute atomic E-state index is 0.0294. The number of fused-ring (bicyclic) bond motifs is 1. The number of carbonyl (C=O) groups excluding carboxylic acids is 1. The SMILES string of the molecule is COc1ccc(C(=O)Cn2nnc(-c3c[nH]c4ccccc34)n2)cc1. The van der Waals surface area contributed by atoms with Gasteiger partial charge in [-0.25, -0.2) is 0 Å². The highest BCUT2D eigenvalue weighted by Gasteiger charge is 2.14. The summed E-state index contributed by atoms with van der Waals surface area (Å²) < 4.78 is 5.09. The molecule has 0 aliphatic rings. The zero-order valence-electron chi connectivity index (χ0n) is 13.5. The molecule has 0 amide bonds. The van der Waals surface area contributed by atoms with Gasteiger partial charge in [0.2, 0.25) is 5.82 Å². The number of nitrogens with one attached hydrogen (secondary N) is 1. The minimum atomic E-state index is -0.0921. The van der Waals surface area contributed by atoms with Crippen molar-refractivity contribution in [1.29, 1.82) is 0 Å². The maximum atomic E-state index is 12.3. The van der Waals surface area contributed by atoms with E-state index in [1.54, 1.807) is 31.4 Å². The molecule has 1 N–H and O–H groups in total. The molecule has 124 valence electrons. The highest BCUT2D eigenvalue weighted by molar-refractivity contribution is 5.96. The van der Waals surface area contributed by atoms with Crippen molar-refractivity contribution in [3.63, 3.8) is 0 Å². The molecule has 0 aliphatic carbocycles. The van der Waals surface area contributed by atoms with Crippen molar-refractivity contribution >= 4 is 16.7 Å². The predicted octanol–water partition coefficient (Wildman–Crippen LogP) is 2.71. The van der Waals surface area contributed by atoms with E-state index in [2.05, 4.69) is 20.4 Å². The lowest BCUT2D eigenvalue weighted by Crippen LogP contribution is -2.13. The molecule has 0 fully saturated rings. The number of aromatic amines is 1. The Morgan fingerprint density at radius 2 is 1.96 bits per heavy atom. The van der Waals surface area contributed by atoms with E-state index in [4.69, 9.17) is 4.74 Å². The number of ketones is 1. The monoisotopic (exact) mass is 333 g/mol. The van der Waals surface area contributed by atoms with Crippen LogP contribution in [0.2, 0.25) is 0 Å². The van der Waals surface area contributed by atoms with Crippen LogP contribution >= 0.6 is 0 Å². The Kier molecular flexibility index (Phi) is 3.74. The highest BCUT2D eigenvalue weighted by Crippen LogP contribution is 2.25. The fraction of sp³-hybridized carbons (Fsp3) is 0.111. The smallest absolute Gasteiger partial charge is 0.207 e. The fourth-order valence-electron chi connectivity index (χ4n) is 2.67. The van der Waals surface area contributed by atoms with Crippen LogP contribution in [-0.4, -0.2) is 38.1 Å². The van der Waals surface area contributed by atoms with E-state index in [0.717, 1.165) is 16.5 Å². The predicted molar refractivity (Wildman–Crippen MR) is 92.4 cm³/mol. The molecular weight excluding hydrogens is 318 g/mol. The molecule has 0 atom stereocenters. The Balaban J connectivity index is 1.55. The van der Waals surface area contributed by atoms with Gasteiger partial charge in [-0.05, 0) is 35.5 Å². The van der Waals surface area contributed by atoms with Gasteiger partial charge in [-0.15, -0.1) is 10.2 Å². The van der Waals surface area contributed by atoms with Gasteiger partial charge in [-0.2, -0.15) is 4.80 Å². The molecule has 2 heterocycles. The van der Waals surface area contributed by atoms with Gasteiger partial charge in [-0.3, -0.25) is 4.79 Å². The Morgan fingerprint density at radius 3 is 2.76 bits per heavy atom. The maximum absolute atomic E-state index is 12.3. The van der Waals surface area contributed by atoms with Gasteiger partial charge in [-0.1, -0.05) is 18.2 Å².